The van der Waals surface area contributed by atoms with Gasteiger partial charge < -0.3 is 10.1 Å². The van der Waals surface area contributed by atoms with Crippen LogP contribution in [0.15, 0.2) is 36.9 Å². The number of nitrogens with zero attached hydrogens (tertiary/aromatic N) is 3. The molecule has 0 spiro atoms. The molecule has 1 amide bonds. The molecule has 28 heavy (non-hydrogen) atoms. The Morgan fingerprint density at radius 3 is 2.46 bits per heavy atom. The summed E-state index contributed by atoms with van der Waals surface area (Å²) in [5, 5.41) is 7.55. The molecule has 0 unspecified atom stereocenters. The third-order valence-electron chi connectivity index (χ3n) is 6.98. The predicted molar refractivity (Wildman–Crippen MR) is 102 cm³/mol. The second-order valence-electron chi connectivity index (χ2n) is 8.83. The van der Waals surface area contributed by atoms with Gasteiger partial charge in [-0.3, -0.25) is 4.79 Å². The number of anilines is 1. The lowest BCUT2D eigenvalue weighted by molar-refractivity contribution is -0.150. The van der Waals surface area contributed by atoms with Crippen LogP contribution in [0.3, 0.4) is 0 Å². The van der Waals surface area contributed by atoms with Gasteiger partial charge in [0.1, 0.15) is 12.7 Å². The number of carbonyl (C=O) groups is 2. The zero-order valence-electron chi connectivity index (χ0n) is 15.9. The fourth-order valence-electron chi connectivity index (χ4n) is 6.27. The topological polar surface area (TPSA) is 86.1 Å². The van der Waals surface area contributed by atoms with Gasteiger partial charge in [0.15, 0.2) is 0 Å². The second kappa shape index (κ2) is 6.15. The van der Waals surface area contributed by atoms with Gasteiger partial charge in [-0.2, -0.15) is 5.10 Å². The summed E-state index contributed by atoms with van der Waals surface area (Å²) >= 11 is 0. The molecule has 0 radical (unpaired) electrons. The number of hydrogen-bond donors (Lipinski definition) is 1. The van der Waals surface area contributed by atoms with Crippen molar-refractivity contribution in [2.45, 2.75) is 44.1 Å². The average molecular weight is 380 g/mol. The maximum atomic E-state index is 13.4. The van der Waals surface area contributed by atoms with E-state index in [0.29, 0.717) is 23.1 Å². The van der Waals surface area contributed by atoms with Gasteiger partial charge in [0, 0.05) is 5.69 Å². The van der Waals surface area contributed by atoms with Crippen LogP contribution in [0.25, 0.3) is 0 Å². The highest BCUT2D eigenvalue weighted by Crippen LogP contribution is 2.64. The first kappa shape index (κ1) is 17.4. The van der Waals surface area contributed by atoms with Crippen LogP contribution < -0.4 is 5.32 Å². The first-order valence-corrected chi connectivity index (χ1v) is 9.87. The fraction of sp³-hybridized carbons (Fsp3) is 0.524. The maximum absolute atomic E-state index is 13.4. The zero-order chi connectivity index (χ0) is 19.4. The van der Waals surface area contributed by atoms with E-state index in [1.807, 2.05) is 11.0 Å². The number of benzene rings is 1. The second-order valence-corrected chi connectivity index (χ2v) is 8.83. The Morgan fingerprint density at radius 2 is 1.86 bits per heavy atom. The molecule has 1 heterocycles. The van der Waals surface area contributed by atoms with E-state index in [1.165, 1.54) is 13.5 Å². The molecule has 6 rings (SSSR count). The van der Waals surface area contributed by atoms with Gasteiger partial charge in [0.25, 0.3) is 0 Å². The molecule has 7 nitrogen and oxygen atoms in total. The lowest BCUT2D eigenvalue weighted by Gasteiger charge is -2.60. The Balaban J connectivity index is 1.39. The lowest BCUT2D eigenvalue weighted by Crippen LogP contribution is -2.60. The lowest BCUT2D eigenvalue weighted by atomic mass is 9.46. The molecular weight excluding hydrogens is 356 g/mol. The SMILES string of the molecule is COC(=O)c1ccc(NC(=O)C23C[C@@H]4C[C@@H](C2)CC(n2cncn2)(C4)C3)cc1. The summed E-state index contributed by atoms with van der Waals surface area (Å²) in [6.07, 6.45) is 9.53. The average Bonchev–Trinajstić information content (AvgIpc) is 3.23. The standard InChI is InChI=1S/C21H24N4O3/c1-28-18(26)16-2-4-17(5-3-16)24-19(27)20-7-14-6-15(8-20)10-21(9-14,11-20)25-13-22-12-23-25/h2-5,12-15H,6-11H2,1H3,(H,24,27)/t14-,15-,20?,21?/m0/s1. The fourth-order valence-corrected chi connectivity index (χ4v) is 6.27. The molecule has 0 saturated heterocycles. The van der Waals surface area contributed by atoms with Crippen molar-refractivity contribution in [1.82, 2.24) is 14.8 Å². The summed E-state index contributed by atoms with van der Waals surface area (Å²) in [7, 11) is 1.36. The summed E-state index contributed by atoms with van der Waals surface area (Å²) in [6, 6.07) is 6.88. The molecule has 1 N–H and O–H groups in total. The number of aromatic nitrogens is 3. The van der Waals surface area contributed by atoms with Crippen molar-refractivity contribution in [2.75, 3.05) is 12.4 Å². The Hall–Kier alpha value is -2.70. The molecule has 2 aromatic rings. The molecule has 1 aromatic carbocycles. The number of rotatable bonds is 4. The molecule has 4 aliphatic carbocycles. The van der Waals surface area contributed by atoms with Crippen molar-refractivity contribution in [3.8, 4) is 0 Å². The maximum Gasteiger partial charge on any atom is 0.337 e. The monoisotopic (exact) mass is 380 g/mol. The van der Waals surface area contributed by atoms with Crippen LogP contribution in [-0.2, 0) is 15.1 Å². The molecule has 4 fully saturated rings. The third-order valence-corrected chi connectivity index (χ3v) is 6.98. The van der Waals surface area contributed by atoms with Gasteiger partial charge in [0.2, 0.25) is 5.91 Å². The van der Waals surface area contributed by atoms with E-state index in [9.17, 15) is 9.59 Å². The largest absolute Gasteiger partial charge is 0.465 e. The summed E-state index contributed by atoms with van der Waals surface area (Å²) < 4.78 is 6.74. The third kappa shape index (κ3) is 2.64. The first-order valence-electron chi connectivity index (χ1n) is 9.87. The smallest absolute Gasteiger partial charge is 0.337 e. The zero-order valence-corrected chi connectivity index (χ0v) is 15.9. The summed E-state index contributed by atoms with van der Waals surface area (Å²) in [5.41, 5.74) is 0.757. The van der Waals surface area contributed by atoms with Crippen molar-refractivity contribution in [2.24, 2.45) is 17.3 Å². The number of esters is 1. The minimum atomic E-state index is -0.381. The molecule has 2 atom stereocenters. The van der Waals surface area contributed by atoms with Gasteiger partial charge in [-0.25, -0.2) is 14.5 Å². The molecule has 4 aliphatic rings. The predicted octanol–water partition coefficient (Wildman–Crippen LogP) is 3.00. The number of nitrogens with one attached hydrogen (secondary N) is 1. The van der Waals surface area contributed by atoms with Crippen molar-refractivity contribution in [3.05, 3.63) is 42.5 Å². The van der Waals surface area contributed by atoms with Gasteiger partial charge in [-0.1, -0.05) is 0 Å². The molecule has 146 valence electrons. The van der Waals surface area contributed by atoms with E-state index >= 15 is 0 Å². The molecule has 4 bridgehead atoms. The summed E-state index contributed by atoms with van der Waals surface area (Å²) in [6.45, 7) is 0. The highest BCUT2D eigenvalue weighted by atomic mass is 16.5. The Kier molecular flexibility index (Phi) is 3.82. The van der Waals surface area contributed by atoms with Crippen LogP contribution in [0.4, 0.5) is 5.69 Å². The van der Waals surface area contributed by atoms with E-state index in [-0.39, 0.29) is 22.8 Å². The number of ether oxygens (including phenoxy) is 1. The number of amides is 1. The molecule has 0 aliphatic heterocycles. The van der Waals surface area contributed by atoms with E-state index in [1.54, 1.807) is 30.6 Å². The highest BCUT2D eigenvalue weighted by Gasteiger charge is 2.61. The van der Waals surface area contributed by atoms with E-state index < -0.39 is 0 Å². The first-order chi connectivity index (χ1) is 13.5. The van der Waals surface area contributed by atoms with Crippen LogP contribution in [0.5, 0.6) is 0 Å². The Labute approximate surface area is 163 Å². The van der Waals surface area contributed by atoms with Gasteiger partial charge in [0.05, 0.1) is 23.6 Å². The molecule has 1 aromatic heterocycles. The van der Waals surface area contributed by atoms with Crippen LogP contribution in [0.1, 0.15) is 48.9 Å². The Bertz CT molecular complexity index is 892. The van der Waals surface area contributed by atoms with Crippen molar-refractivity contribution < 1.29 is 14.3 Å². The van der Waals surface area contributed by atoms with E-state index in [2.05, 4.69) is 15.4 Å². The number of methoxy groups -OCH3 is 1. The van der Waals surface area contributed by atoms with Gasteiger partial charge in [-0.15, -0.1) is 0 Å². The molecule has 7 heteroatoms. The molecular formula is C21H24N4O3. The number of hydrogen-bond acceptors (Lipinski definition) is 5. The normalized spacial score (nSPS) is 32.9. The van der Waals surface area contributed by atoms with Crippen molar-refractivity contribution in [1.29, 1.82) is 0 Å². The van der Waals surface area contributed by atoms with Crippen molar-refractivity contribution >= 4 is 17.6 Å². The van der Waals surface area contributed by atoms with E-state index in [4.69, 9.17) is 4.74 Å². The van der Waals surface area contributed by atoms with Gasteiger partial charge >= 0.3 is 5.97 Å². The highest BCUT2D eigenvalue weighted by molar-refractivity contribution is 5.96. The minimum Gasteiger partial charge on any atom is -0.465 e. The van der Waals surface area contributed by atoms with E-state index in [0.717, 1.165) is 32.1 Å². The minimum absolute atomic E-state index is 0.0767. The Morgan fingerprint density at radius 1 is 1.14 bits per heavy atom. The van der Waals surface area contributed by atoms with Crippen LogP contribution in [-0.4, -0.2) is 33.8 Å². The van der Waals surface area contributed by atoms with Crippen molar-refractivity contribution in [3.63, 3.8) is 0 Å². The number of carbonyl (C=O) groups excluding carboxylic acids is 2. The summed E-state index contributed by atoms with van der Waals surface area (Å²) in [5.74, 6) is 0.849. The molecule has 4 saturated carbocycles. The quantitative estimate of drug-likeness (QED) is 0.824. The van der Waals surface area contributed by atoms with Crippen LogP contribution >= 0.6 is 0 Å². The van der Waals surface area contributed by atoms with Crippen LogP contribution in [0.2, 0.25) is 0 Å². The van der Waals surface area contributed by atoms with Gasteiger partial charge in [-0.05, 0) is 74.6 Å². The van der Waals surface area contributed by atoms with Crippen LogP contribution in [0, 0.1) is 17.3 Å². The summed E-state index contributed by atoms with van der Waals surface area (Å²) in [4.78, 5) is 29.2.